The van der Waals surface area contributed by atoms with E-state index < -0.39 is 9.84 Å². The molecular weight excluding hydrogens is 446 g/mol. The Labute approximate surface area is 194 Å². The third-order valence-corrected chi connectivity index (χ3v) is 8.21. The maximum Gasteiger partial charge on any atom is 0.233 e. The van der Waals surface area contributed by atoms with E-state index in [1.54, 1.807) is 4.90 Å². The van der Waals surface area contributed by atoms with Gasteiger partial charge in [0.15, 0.2) is 15.7 Å². The van der Waals surface area contributed by atoms with Crippen LogP contribution in [0.4, 0.5) is 0 Å². The van der Waals surface area contributed by atoms with Crippen LogP contribution in [-0.4, -0.2) is 63.9 Å². The number of nitrogens with two attached hydrogens (primary N) is 1. The SMILES string of the molecule is CC(C)CN(C(=O)CSc1nnc(-c2ccc(C(C)(C)C)cc2)n1N)C1CCS(=O)(=O)C1. The van der Waals surface area contributed by atoms with Crippen molar-refractivity contribution in [2.24, 2.45) is 5.92 Å². The first kappa shape index (κ1) is 24.6. The van der Waals surface area contributed by atoms with E-state index in [9.17, 15) is 13.2 Å². The van der Waals surface area contributed by atoms with Crippen LogP contribution in [0, 0.1) is 5.92 Å². The van der Waals surface area contributed by atoms with Crippen molar-refractivity contribution in [2.75, 3.05) is 29.6 Å². The molecule has 0 bridgehead atoms. The Morgan fingerprint density at radius 1 is 1.25 bits per heavy atom. The van der Waals surface area contributed by atoms with Crippen LogP contribution < -0.4 is 5.84 Å². The lowest BCUT2D eigenvalue weighted by molar-refractivity contribution is -0.130. The third-order valence-electron chi connectivity index (χ3n) is 5.53. The summed E-state index contributed by atoms with van der Waals surface area (Å²) in [5.74, 6) is 7.20. The summed E-state index contributed by atoms with van der Waals surface area (Å²) in [6.07, 6.45) is 0.493. The fourth-order valence-electron chi connectivity index (χ4n) is 3.77. The van der Waals surface area contributed by atoms with Crippen LogP contribution in [0.2, 0.25) is 0 Å². The minimum absolute atomic E-state index is 0.0396. The van der Waals surface area contributed by atoms with Crippen molar-refractivity contribution in [3.63, 3.8) is 0 Å². The van der Waals surface area contributed by atoms with E-state index in [0.717, 1.165) is 5.56 Å². The molecule has 176 valence electrons. The van der Waals surface area contributed by atoms with Gasteiger partial charge in [0, 0.05) is 18.2 Å². The molecule has 1 fully saturated rings. The predicted octanol–water partition coefficient (Wildman–Crippen LogP) is 2.72. The number of hydrogen-bond acceptors (Lipinski definition) is 7. The average Bonchev–Trinajstić information content (AvgIpc) is 3.25. The molecule has 0 saturated carbocycles. The van der Waals surface area contributed by atoms with Crippen LogP contribution >= 0.6 is 11.8 Å². The quantitative estimate of drug-likeness (QED) is 0.480. The number of hydrogen-bond donors (Lipinski definition) is 1. The number of amides is 1. The molecule has 1 aromatic carbocycles. The highest BCUT2D eigenvalue weighted by Crippen LogP contribution is 2.27. The van der Waals surface area contributed by atoms with Gasteiger partial charge in [-0.3, -0.25) is 4.79 Å². The fourth-order valence-corrected chi connectivity index (χ4v) is 6.24. The topological polar surface area (TPSA) is 111 Å². The number of thioether (sulfide) groups is 1. The van der Waals surface area contributed by atoms with E-state index in [2.05, 4.69) is 43.1 Å². The van der Waals surface area contributed by atoms with Crippen molar-refractivity contribution in [1.82, 2.24) is 19.8 Å². The van der Waals surface area contributed by atoms with Crippen LogP contribution in [0.3, 0.4) is 0 Å². The Hall–Kier alpha value is -2.07. The maximum atomic E-state index is 13.0. The molecule has 1 aromatic heterocycles. The molecule has 2 N–H and O–H groups in total. The minimum Gasteiger partial charge on any atom is -0.338 e. The molecule has 3 rings (SSSR count). The van der Waals surface area contributed by atoms with E-state index >= 15 is 0 Å². The number of benzene rings is 1. The summed E-state index contributed by atoms with van der Waals surface area (Å²) in [5, 5.41) is 8.81. The molecule has 1 saturated heterocycles. The monoisotopic (exact) mass is 479 g/mol. The van der Waals surface area contributed by atoms with Gasteiger partial charge in [0.25, 0.3) is 0 Å². The lowest BCUT2D eigenvalue weighted by Crippen LogP contribution is -2.44. The molecule has 0 radical (unpaired) electrons. The molecule has 1 aliphatic rings. The molecule has 0 spiro atoms. The number of rotatable bonds is 7. The summed E-state index contributed by atoms with van der Waals surface area (Å²) < 4.78 is 25.2. The first-order chi connectivity index (χ1) is 14.9. The van der Waals surface area contributed by atoms with E-state index in [0.29, 0.717) is 23.9 Å². The summed E-state index contributed by atoms with van der Waals surface area (Å²) in [5.41, 5.74) is 2.11. The molecule has 8 nitrogen and oxygen atoms in total. The Balaban J connectivity index is 1.70. The average molecular weight is 480 g/mol. The van der Waals surface area contributed by atoms with Crippen LogP contribution in [0.1, 0.15) is 46.6 Å². The van der Waals surface area contributed by atoms with Crippen LogP contribution in [0.5, 0.6) is 0 Å². The fraction of sp³-hybridized carbons (Fsp3) is 0.591. The maximum absolute atomic E-state index is 13.0. The van der Waals surface area contributed by atoms with E-state index in [-0.39, 0.29) is 40.5 Å². The van der Waals surface area contributed by atoms with E-state index in [4.69, 9.17) is 5.84 Å². The van der Waals surface area contributed by atoms with Gasteiger partial charge in [-0.2, -0.15) is 0 Å². The largest absolute Gasteiger partial charge is 0.338 e. The van der Waals surface area contributed by atoms with Gasteiger partial charge in [0.2, 0.25) is 11.1 Å². The Morgan fingerprint density at radius 2 is 1.91 bits per heavy atom. The molecule has 10 heteroatoms. The van der Waals surface area contributed by atoms with Crippen molar-refractivity contribution in [1.29, 1.82) is 0 Å². The molecule has 1 aliphatic heterocycles. The second-order valence-electron chi connectivity index (χ2n) is 9.79. The second kappa shape index (κ2) is 9.43. The summed E-state index contributed by atoms with van der Waals surface area (Å²) in [6, 6.07) is 7.79. The van der Waals surface area contributed by atoms with Gasteiger partial charge in [-0.1, -0.05) is 70.6 Å². The molecule has 1 unspecified atom stereocenters. The number of carbonyl (C=O) groups is 1. The molecule has 2 aromatic rings. The highest BCUT2D eigenvalue weighted by molar-refractivity contribution is 7.99. The first-order valence-electron chi connectivity index (χ1n) is 10.8. The molecule has 32 heavy (non-hydrogen) atoms. The zero-order chi connectivity index (χ0) is 23.7. The van der Waals surface area contributed by atoms with Crippen LogP contribution in [0.25, 0.3) is 11.4 Å². The highest BCUT2D eigenvalue weighted by Gasteiger charge is 2.35. The lowest BCUT2D eigenvalue weighted by Gasteiger charge is -2.29. The summed E-state index contributed by atoms with van der Waals surface area (Å²) >= 11 is 1.22. The Bertz CT molecular complexity index is 1060. The van der Waals surface area contributed by atoms with E-state index in [1.165, 1.54) is 22.0 Å². The minimum atomic E-state index is -3.07. The van der Waals surface area contributed by atoms with Gasteiger partial charge in [-0.25, -0.2) is 13.1 Å². The summed E-state index contributed by atoms with van der Waals surface area (Å²) in [6.45, 7) is 11.0. The molecule has 0 aliphatic carbocycles. The number of carbonyl (C=O) groups excluding carboxylic acids is 1. The molecular formula is C22H33N5O3S2. The van der Waals surface area contributed by atoms with Crippen molar-refractivity contribution in [3.8, 4) is 11.4 Å². The zero-order valence-electron chi connectivity index (χ0n) is 19.4. The van der Waals surface area contributed by atoms with Gasteiger partial charge in [0.05, 0.1) is 17.3 Å². The lowest BCUT2D eigenvalue weighted by atomic mass is 9.87. The van der Waals surface area contributed by atoms with Crippen molar-refractivity contribution < 1.29 is 13.2 Å². The number of nitrogen functional groups attached to an aromatic ring is 1. The predicted molar refractivity (Wildman–Crippen MR) is 129 cm³/mol. The Kier molecular flexibility index (Phi) is 7.24. The first-order valence-corrected chi connectivity index (χ1v) is 13.6. The van der Waals surface area contributed by atoms with Gasteiger partial charge in [0.1, 0.15) is 0 Å². The van der Waals surface area contributed by atoms with Crippen molar-refractivity contribution >= 4 is 27.5 Å². The van der Waals surface area contributed by atoms with Gasteiger partial charge < -0.3 is 10.7 Å². The highest BCUT2D eigenvalue weighted by atomic mass is 32.2. The standard InChI is InChI=1S/C22H33N5O3S2/c1-15(2)12-26(18-10-11-32(29,30)14-18)19(28)13-31-21-25-24-20(27(21)23)16-6-8-17(9-7-16)22(3,4)5/h6-9,15,18H,10-14,23H2,1-5H3. The number of aromatic nitrogens is 3. The number of nitrogens with zero attached hydrogens (tertiary/aromatic N) is 4. The molecule has 1 atom stereocenters. The van der Waals surface area contributed by atoms with Crippen molar-refractivity contribution in [2.45, 2.75) is 57.7 Å². The van der Waals surface area contributed by atoms with Gasteiger partial charge in [-0.15, -0.1) is 10.2 Å². The Morgan fingerprint density at radius 3 is 2.44 bits per heavy atom. The summed E-state index contributed by atoms with van der Waals surface area (Å²) in [4.78, 5) is 14.7. The van der Waals surface area contributed by atoms with Crippen LogP contribution in [0.15, 0.2) is 29.4 Å². The summed E-state index contributed by atoms with van der Waals surface area (Å²) in [7, 11) is -3.07. The van der Waals surface area contributed by atoms with Crippen molar-refractivity contribution in [3.05, 3.63) is 29.8 Å². The normalized spacial score (nSPS) is 18.2. The smallest absolute Gasteiger partial charge is 0.233 e. The number of sulfone groups is 1. The third kappa shape index (κ3) is 5.83. The zero-order valence-corrected chi connectivity index (χ0v) is 21.0. The molecule has 1 amide bonds. The second-order valence-corrected chi connectivity index (χ2v) is 13.0. The van der Waals surface area contributed by atoms with Gasteiger partial charge in [-0.05, 0) is 23.3 Å². The van der Waals surface area contributed by atoms with Crippen LogP contribution in [-0.2, 0) is 20.0 Å². The van der Waals surface area contributed by atoms with E-state index in [1.807, 2.05) is 26.0 Å². The van der Waals surface area contributed by atoms with Gasteiger partial charge >= 0.3 is 0 Å². The molecule has 2 heterocycles.